The lowest BCUT2D eigenvalue weighted by atomic mass is 10.1. The Labute approximate surface area is 215 Å². The first-order valence-corrected chi connectivity index (χ1v) is 10.9. The fourth-order valence-corrected chi connectivity index (χ4v) is 3.64. The number of halogens is 6. The molecule has 4 rings (SSSR count). The number of nitrogens with two attached hydrogens (primary N) is 1. The first-order valence-electron chi connectivity index (χ1n) is 10.9. The molecule has 3 aromatic heterocycles. The molecule has 0 aliphatic carbocycles. The van der Waals surface area contributed by atoms with E-state index in [1.165, 1.54) is 41.9 Å². The lowest BCUT2D eigenvalue weighted by Gasteiger charge is -2.25. The molecule has 0 saturated heterocycles. The third-order valence-electron chi connectivity index (χ3n) is 5.29. The van der Waals surface area contributed by atoms with Gasteiger partial charge in [0.05, 0.1) is 5.56 Å². The Kier molecular flexibility index (Phi) is 7.04. The van der Waals surface area contributed by atoms with Crippen LogP contribution in [0.2, 0.25) is 0 Å². The summed E-state index contributed by atoms with van der Waals surface area (Å²) in [5.74, 6) is -1.34. The smallest absolute Gasteiger partial charge is 0.382 e. The number of hydrogen-bond acceptors (Lipinski definition) is 6. The summed E-state index contributed by atoms with van der Waals surface area (Å²) in [6.07, 6.45) is -7.13. The van der Waals surface area contributed by atoms with Gasteiger partial charge in [-0.1, -0.05) is 6.07 Å². The molecule has 4 N–H and O–H groups in total. The van der Waals surface area contributed by atoms with Crippen LogP contribution in [0.15, 0.2) is 55.0 Å². The lowest BCUT2D eigenvalue weighted by Crippen LogP contribution is -2.39. The molecule has 4 aromatic rings. The molecule has 204 valence electrons. The van der Waals surface area contributed by atoms with Gasteiger partial charge < -0.3 is 11.1 Å². The molecule has 0 atom stereocenters. The second kappa shape index (κ2) is 10.1. The summed E-state index contributed by atoms with van der Waals surface area (Å²) < 4.78 is 80.1. The number of amides is 3. The van der Waals surface area contributed by atoms with Crippen molar-refractivity contribution in [1.82, 2.24) is 19.6 Å². The Morgan fingerprint density at radius 1 is 1.05 bits per heavy atom. The Morgan fingerprint density at radius 3 is 2.44 bits per heavy atom. The van der Waals surface area contributed by atoms with Crippen LogP contribution < -0.4 is 21.3 Å². The molecule has 39 heavy (non-hydrogen) atoms. The van der Waals surface area contributed by atoms with E-state index in [-0.39, 0.29) is 39.7 Å². The number of fused-ring (bicyclic) bond motifs is 1. The summed E-state index contributed by atoms with van der Waals surface area (Å²) in [6, 6.07) is 6.98. The van der Waals surface area contributed by atoms with Crippen molar-refractivity contribution in [1.29, 1.82) is 0 Å². The minimum atomic E-state index is -4.76. The van der Waals surface area contributed by atoms with Crippen molar-refractivity contribution in [3.63, 3.8) is 0 Å². The maximum atomic E-state index is 13.4. The molecule has 0 spiro atoms. The molecule has 1 aromatic carbocycles. The normalized spacial score (nSPS) is 11.9. The zero-order valence-electron chi connectivity index (χ0n) is 19.8. The van der Waals surface area contributed by atoms with Crippen molar-refractivity contribution in [2.75, 3.05) is 27.8 Å². The summed E-state index contributed by atoms with van der Waals surface area (Å²) in [7, 11) is 0. The van der Waals surface area contributed by atoms with Crippen LogP contribution in [0.4, 0.5) is 54.1 Å². The van der Waals surface area contributed by atoms with E-state index in [4.69, 9.17) is 5.73 Å². The van der Waals surface area contributed by atoms with Gasteiger partial charge in [-0.25, -0.2) is 19.3 Å². The minimum Gasteiger partial charge on any atom is -0.382 e. The summed E-state index contributed by atoms with van der Waals surface area (Å²) in [5.41, 5.74) is 4.82. The first kappa shape index (κ1) is 27.2. The number of carbonyl (C=O) groups is 2. The van der Waals surface area contributed by atoms with Crippen molar-refractivity contribution in [2.45, 2.75) is 19.3 Å². The number of nitrogens with one attached hydrogen (secondary N) is 2. The molecular formula is C23H18F6N8O2. The van der Waals surface area contributed by atoms with Crippen molar-refractivity contribution in [2.24, 2.45) is 0 Å². The second-order valence-corrected chi connectivity index (χ2v) is 8.20. The standard InChI is InChI=1S/C23H18F6N8O2/c1-12-7-14(33-21(39)35-18-4-2-3-17(34-18)23(27,28)29)5-6-15(12)36(10-22(24,25)26)20(38)13-8-16-19(30)31-11-32-37(16)9-13/h2-9,11H,10H2,1H3,(H2,30,31,32)(H2,33,34,35,39). The van der Waals surface area contributed by atoms with E-state index in [2.05, 4.69) is 25.7 Å². The van der Waals surface area contributed by atoms with E-state index in [0.717, 1.165) is 24.5 Å². The van der Waals surface area contributed by atoms with E-state index in [1.807, 2.05) is 0 Å². The van der Waals surface area contributed by atoms with Crippen LogP contribution in [0.5, 0.6) is 0 Å². The third kappa shape index (κ3) is 6.34. The average Bonchev–Trinajstić information content (AvgIpc) is 3.27. The van der Waals surface area contributed by atoms with E-state index in [1.54, 1.807) is 0 Å². The van der Waals surface area contributed by atoms with Gasteiger partial charge in [-0.15, -0.1) is 0 Å². The zero-order valence-corrected chi connectivity index (χ0v) is 19.8. The van der Waals surface area contributed by atoms with Crippen molar-refractivity contribution >= 4 is 40.5 Å². The van der Waals surface area contributed by atoms with Crippen molar-refractivity contribution < 1.29 is 35.9 Å². The number of alkyl halides is 6. The highest BCUT2D eigenvalue weighted by atomic mass is 19.4. The molecule has 0 fully saturated rings. The number of aryl methyl sites for hydroxylation is 1. The summed E-state index contributed by atoms with van der Waals surface area (Å²) >= 11 is 0. The summed E-state index contributed by atoms with van der Waals surface area (Å²) in [6.45, 7) is -0.197. The highest BCUT2D eigenvalue weighted by Crippen LogP contribution is 2.30. The largest absolute Gasteiger partial charge is 0.433 e. The van der Waals surface area contributed by atoms with Crippen LogP contribution in [0, 0.1) is 6.92 Å². The number of carbonyl (C=O) groups excluding carboxylic acids is 2. The van der Waals surface area contributed by atoms with Crippen LogP contribution in [0.3, 0.4) is 0 Å². The van der Waals surface area contributed by atoms with Crippen molar-refractivity contribution in [3.8, 4) is 0 Å². The summed E-state index contributed by atoms with van der Waals surface area (Å²) in [5, 5.41) is 8.39. The number of hydrogen-bond donors (Lipinski definition) is 3. The highest BCUT2D eigenvalue weighted by molar-refractivity contribution is 6.08. The van der Waals surface area contributed by atoms with Crippen LogP contribution in [-0.2, 0) is 6.18 Å². The van der Waals surface area contributed by atoms with E-state index >= 15 is 0 Å². The Hall–Kier alpha value is -4.89. The minimum absolute atomic E-state index is 0.0247. The van der Waals surface area contributed by atoms with Crippen LogP contribution in [0.25, 0.3) is 5.52 Å². The SMILES string of the molecule is Cc1cc(NC(=O)Nc2cccc(C(F)(F)F)n2)ccc1N(CC(F)(F)F)C(=O)c1cc2c(N)ncnn2c1. The number of aromatic nitrogens is 4. The molecule has 3 amide bonds. The molecule has 0 unspecified atom stereocenters. The molecule has 16 heteroatoms. The fourth-order valence-electron chi connectivity index (χ4n) is 3.64. The van der Waals surface area contributed by atoms with Gasteiger partial charge in [0, 0.05) is 17.6 Å². The number of nitrogen functional groups attached to an aromatic ring is 1. The summed E-state index contributed by atoms with van der Waals surface area (Å²) in [4.78, 5) is 33.1. The second-order valence-electron chi connectivity index (χ2n) is 8.20. The van der Waals surface area contributed by atoms with E-state index in [9.17, 15) is 35.9 Å². The molecule has 0 saturated carbocycles. The maximum Gasteiger partial charge on any atom is 0.433 e. The van der Waals surface area contributed by atoms with E-state index < -0.39 is 36.5 Å². The van der Waals surface area contributed by atoms with E-state index in [0.29, 0.717) is 4.90 Å². The predicted octanol–water partition coefficient (Wildman–Crippen LogP) is 4.89. The lowest BCUT2D eigenvalue weighted by molar-refractivity contribution is -0.141. The predicted molar refractivity (Wildman–Crippen MR) is 128 cm³/mol. The topological polar surface area (TPSA) is 131 Å². The number of urea groups is 1. The molecule has 3 heterocycles. The monoisotopic (exact) mass is 552 g/mol. The van der Waals surface area contributed by atoms with Gasteiger partial charge in [-0.3, -0.25) is 15.0 Å². The van der Waals surface area contributed by atoms with Gasteiger partial charge >= 0.3 is 18.4 Å². The van der Waals surface area contributed by atoms with Crippen LogP contribution in [-0.4, -0.2) is 44.2 Å². The van der Waals surface area contributed by atoms with Gasteiger partial charge in [0.2, 0.25) is 0 Å². The number of rotatable bonds is 5. The number of anilines is 4. The third-order valence-corrected chi connectivity index (χ3v) is 5.29. The van der Waals surface area contributed by atoms with Gasteiger partial charge in [-0.05, 0) is 48.9 Å². The highest BCUT2D eigenvalue weighted by Gasteiger charge is 2.35. The Morgan fingerprint density at radius 2 is 1.79 bits per heavy atom. The number of pyridine rings is 1. The molecule has 0 aliphatic heterocycles. The van der Waals surface area contributed by atoms with Gasteiger partial charge in [0.25, 0.3) is 5.91 Å². The Balaban J connectivity index is 1.56. The molecule has 0 aliphatic rings. The fraction of sp³-hybridized carbons (Fsp3) is 0.174. The average molecular weight is 552 g/mol. The van der Waals surface area contributed by atoms with Crippen molar-refractivity contribution in [3.05, 3.63) is 71.8 Å². The van der Waals surface area contributed by atoms with Gasteiger partial charge in [0.15, 0.2) is 5.82 Å². The molecule has 0 bridgehead atoms. The van der Waals surface area contributed by atoms with Gasteiger partial charge in [0.1, 0.15) is 29.9 Å². The molecule has 0 radical (unpaired) electrons. The molecular weight excluding hydrogens is 534 g/mol. The van der Waals surface area contributed by atoms with Crippen LogP contribution in [0.1, 0.15) is 21.6 Å². The Bertz CT molecular complexity index is 1550. The zero-order chi connectivity index (χ0) is 28.5. The first-order chi connectivity index (χ1) is 18.2. The molecule has 10 nitrogen and oxygen atoms in total. The number of benzene rings is 1. The van der Waals surface area contributed by atoms with Gasteiger partial charge in [-0.2, -0.15) is 31.4 Å². The quantitative estimate of drug-likeness (QED) is 0.303. The number of nitrogens with zero attached hydrogens (tertiary/aromatic N) is 5. The maximum absolute atomic E-state index is 13.4. The van der Waals surface area contributed by atoms with Crippen LogP contribution >= 0.6 is 0 Å².